The first kappa shape index (κ1) is 20.0. The number of esters is 1. The van der Waals surface area contributed by atoms with Crippen LogP contribution in [0.3, 0.4) is 0 Å². The lowest BCUT2D eigenvalue weighted by Gasteiger charge is -2.15. The van der Waals surface area contributed by atoms with Gasteiger partial charge in [-0.15, -0.1) is 12.4 Å². The Bertz CT molecular complexity index is 522. The predicted octanol–water partition coefficient (Wildman–Crippen LogP) is 1.46. The number of hydrogen-bond donors (Lipinski definition) is 2. The Balaban J connectivity index is 0.00000441. The van der Waals surface area contributed by atoms with Crippen LogP contribution in [-0.2, 0) is 9.53 Å². The molecule has 1 aromatic rings. The van der Waals surface area contributed by atoms with E-state index >= 15 is 0 Å². The van der Waals surface area contributed by atoms with E-state index in [0.717, 1.165) is 0 Å². The van der Waals surface area contributed by atoms with Gasteiger partial charge in [-0.05, 0) is 19.2 Å². The number of anilines is 1. The average molecular weight is 333 g/mol. The summed E-state index contributed by atoms with van der Waals surface area (Å²) in [5.41, 5.74) is 0.623. The molecule has 22 heavy (non-hydrogen) atoms. The smallest absolute Gasteiger partial charge is 0.338 e. The monoisotopic (exact) mass is 332 g/mol. The fourth-order valence-electron chi connectivity index (χ4n) is 1.74. The van der Waals surface area contributed by atoms with E-state index in [9.17, 15) is 9.59 Å². The van der Waals surface area contributed by atoms with Crippen LogP contribution in [0.2, 0.25) is 0 Å². The Kier molecular flexibility index (Phi) is 8.97. The largest absolute Gasteiger partial charge is 0.493 e. The molecule has 0 radical (unpaired) electrons. The number of hydrogen-bond acceptors (Lipinski definition) is 6. The molecule has 7 nitrogen and oxygen atoms in total. The molecule has 0 fully saturated rings. The van der Waals surface area contributed by atoms with Crippen molar-refractivity contribution in [1.29, 1.82) is 0 Å². The second-order valence-electron chi connectivity index (χ2n) is 4.15. The van der Waals surface area contributed by atoms with Crippen molar-refractivity contribution in [3.63, 3.8) is 0 Å². The molecule has 0 aromatic heterocycles. The fraction of sp³-hybridized carbons (Fsp3) is 0.429. The molecule has 124 valence electrons. The second kappa shape index (κ2) is 9.86. The maximum absolute atomic E-state index is 11.8. The predicted molar refractivity (Wildman–Crippen MR) is 85.3 cm³/mol. The molecule has 2 N–H and O–H groups in total. The number of methoxy groups -OCH3 is 3. The number of ether oxygens (including phenoxy) is 3. The van der Waals surface area contributed by atoms with E-state index in [1.165, 1.54) is 33.5 Å². The van der Waals surface area contributed by atoms with Gasteiger partial charge in [0.2, 0.25) is 5.91 Å². The third-order valence-corrected chi connectivity index (χ3v) is 2.78. The molecule has 0 bridgehead atoms. The average Bonchev–Trinajstić information content (AvgIpc) is 2.51. The van der Waals surface area contributed by atoms with Crippen LogP contribution in [0.1, 0.15) is 16.8 Å². The summed E-state index contributed by atoms with van der Waals surface area (Å²) in [6.07, 6.45) is 0.296. The first-order valence-electron chi connectivity index (χ1n) is 6.36. The second-order valence-corrected chi connectivity index (χ2v) is 4.15. The molecule has 8 heteroatoms. The summed E-state index contributed by atoms with van der Waals surface area (Å²) in [4.78, 5) is 23.5. The van der Waals surface area contributed by atoms with Crippen LogP contribution in [0.15, 0.2) is 12.1 Å². The zero-order chi connectivity index (χ0) is 15.8. The van der Waals surface area contributed by atoms with Crippen molar-refractivity contribution in [2.45, 2.75) is 6.42 Å². The molecular formula is C14H21ClN2O5. The van der Waals surface area contributed by atoms with Crippen LogP contribution in [0, 0.1) is 0 Å². The Labute approximate surface area is 135 Å². The Morgan fingerprint density at radius 2 is 1.82 bits per heavy atom. The van der Waals surface area contributed by atoms with E-state index < -0.39 is 5.97 Å². The van der Waals surface area contributed by atoms with Crippen LogP contribution >= 0.6 is 12.4 Å². The number of rotatable bonds is 7. The first-order valence-corrected chi connectivity index (χ1v) is 6.36. The van der Waals surface area contributed by atoms with Crippen molar-refractivity contribution < 1.29 is 23.8 Å². The van der Waals surface area contributed by atoms with Crippen molar-refractivity contribution >= 4 is 30.0 Å². The highest BCUT2D eigenvalue weighted by molar-refractivity contribution is 5.97. The number of carbonyl (C=O) groups is 2. The molecule has 0 aliphatic heterocycles. The number of nitrogens with one attached hydrogen (secondary N) is 2. The minimum absolute atomic E-state index is 0. The SMILES string of the molecule is CNCCC(=O)Nc1cc(C(=O)OC)cc(OC)c1OC.Cl. The van der Waals surface area contributed by atoms with E-state index in [1.54, 1.807) is 7.05 Å². The summed E-state index contributed by atoms with van der Waals surface area (Å²) >= 11 is 0. The third-order valence-electron chi connectivity index (χ3n) is 2.78. The lowest BCUT2D eigenvalue weighted by atomic mass is 10.1. The van der Waals surface area contributed by atoms with Gasteiger partial charge in [-0.3, -0.25) is 4.79 Å². The lowest BCUT2D eigenvalue weighted by molar-refractivity contribution is -0.116. The Morgan fingerprint density at radius 1 is 1.14 bits per heavy atom. The van der Waals surface area contributed by atoms with E-state index in [4.69, 9.17) is 9.47 Å². The highest BCUT2D eigenvalue weighted by atomic mass is 35.5. The van der Waals surface area contributed by atoms with Gasteiger partial charge in [-0.1, -0.05) is 0 Å². The van der Waals surface area contributed by atoms with E-state index in [-0.39, 0.29) is 23.9 Å². The van der Waals surface area contributed by atoms with Crippen molar-refractivity contribution in [1.82, 2.24) is 5.32 Å². The van der Waals surface area contributed by atoms with Crippen LogP contribution in [-0.4, -0.2) is 46.8 Å². The molecule has 0 aliphatic carbocycles. The number of halogens is 1. The fourth-order valence-corrected chi connectivity index (χ4v) is 1.74. The molecule has 1 aromatic carbocycles. The van der Waals surface area contributed by atoms with Gasteiger partial charge in [0.1, 0.15) is 0 Å². The zero-order valence-corrected chi connectivity index (χ0v) is 13.8. The van der Waals surface area contributed by atoms with Gasteiger partial charge >= 0.3 is 5.97 Å². The summed E-state index contributed by atoms with van der Waals surface area (Å²) in [7, 11) is 5.95. The summed E-state index contributed by atoms with van der Waals surface area (Å²) in [5, 5.41) is 5.58. The minimum Gasteiger partial charge on any atom is -0.493 e. The standard InChI is InChI=1S/C14H20N2O5.ClH/c1-15-6-5-12(17)16-10-7-9(14(18)21-4)8-11(19-2)13(10)20-3;/h7-8,15H,5-6H2,1-4H3,(H,16,17);1H. The van der Waals surface area contributed by atoms with E-state index in [1.807, 2.05) is 0 Å². The minimum atomic E-state index is -0.526. The van der Waals surface area contributed by atoms with E-state index in [2.05, 4.69) is 15.4 Å². The molecule has 1 amide bonds. The highest BCUT2D eigenvalue weighted by Crippen LogP contribution is 2.36. The molecule has 0 aliphatic rings. The maximum atomic E-state index is 11.8. The molecular weight excluding hydrogens is 312 g/mol. The summed E-state index contributed by atoms with van der Waals surface area (Å²) in [6.45, 7) is 0.544. The summed E-state index contributed by atoms with van der Waals surface area (Å²) < 4.78 is 15.1. The van der Waals surface area contributed by atoms with Crippen molar-refractivity contribution in [2.75, 3.05) is 40.2 Å². The van der Waals surface area contributed by atoms with Gasteiger partial charge in [0.25, 0.3) is 0 Å². The van der Waals surface area contributed by atoms with Crippen LogP contribution in [0.4, 0.5) is 5.69 Å². The van der Waals surface area contributed by atoms with Crippen molar-refractivity contribution in [3.05, 3.63) is 17.7 Å². The normalized spacial score (nSPS) is 9.45. The van der Waals surface area contributed by atoms with Crippen molar-refractivity contribution in [2.24, 2.45) is 0 Å². The van der Waals surface area contributed by atoms with Gasteiger partial charge in [-0.25, -0.2) is 4.79 Å². The molecule has 0 atom stereocenters. The topological polar surface area (TPSA) is 85.9 Å². The molecule has 0 saturated heterocycles. The van der Waals surface area contributed by atoms with Crippen molar-refractivity contribution in [3.8, 4) is 11.5 Å². The van der Waals surface area contributed by atoms with Crippen LogP contribution in [0.25, 0.3) is 0 Å². The summed E-state index contributed by atoms with van der Waals surface area (Å²) in [6, 6.07) is 2.98. The van der Waals surface area contributed by atoms with Gasteiger partial charge in [-0.2, -0.15) is 0 Å². The zero-order valence-electron chi connectivity index (χ0n) is 13.0. The quantitative estimate of drug-likeness (QED) is 0.735. The van der Waals surface area contributed by atoms with E-state index in [0.29, 0.717) is 30.2 Å². The third kappa shape index (κ3) is 5.09. The highest BCUT2D eigenvalue weighted by Gasteiger charge is 2.18. The summed E-state index contributed by atoms with van der Waals surface area (Å²) in [5.74, 6) is -0.0410. The van der Waals surface area contributed by atoms with Crippen LogP contribution in [0.5, 0.6) is 11.5 Å². The van der Waals surface area contributed by atoms with Gasteiger partial charge < -0.3 is 24.8 Å². The van der Waals surface area contributed by atoms with Crippen LogP contribution < -0.4 is 20.1 Å². The molecule has 0 spiro atoms. The Hall–Kier alpha value is -1.99. The Morgan fingerprint density at radius 3 is 2.32 bits per heavy atom. The van der Waals surface area contributed by atoms with Gasteiger partial charge in [0.05, 0.1) is 32.6 Å². The number of carbonyl (C=O) groups excluding carboxylic acids is 2. The number of benzene rings is 1. The van der Waals surface area contributed by atoms with Gasteiger partial charge in [0.15, 0.2) is 11.5 Å². The number of amides is 1. The first-order chi connectivity index (χ1) is 10.1. The van der Waals surface area contributed by atoms with Gasteiger partial charge in [0, 0.05) is 13.0 Å². The maximum Gasteiger partial charge on any atom is 0.338 e. The molecule has 0 saturated carbocycles. The molecule has 0 unspecified atom stereocenters. The molecule has 0 heterocycles. The lowest BCUT2D eigenvalue weighted by Crippen LogP contribution is -2.19. The molecule has 1 rings (SSSR count).